The standard InChI is InChI=1S/C31H40N2O6S/c1-23(21-38-26-16-14-25(15-17-26)19-28-29(34)32-30(35)40-28)33-20-27(39-31(33)36)22-37-18-10-5-3-2-4-7-11-24-12-8-6-9-13-24/h6,8-9,12-17,23,27-28H,2-5,7,10-11,18-22H2,1H3,(H,32,34,35). The van der Waals surface area contributed by atoms with Gasteiger partial charge >= 0.3 is 6.09 Å². The number of imide groups is 1. The van der Waals surface area contributed by atoms with Gasteiger partial charge in [0.05, 0.1) is 24.4 Å². The van der Waals surface area contributed by atoms with E-state index in [9.17, 15) is 14.4 Å². The predicted molar refractivity (Wildman–Crippen MR) is 156 cm³/mol. The number of unbranched alkanes of at least 4 members (excludes halogenated alkanes) is 5. The first-order valence-corrected chi connectivity index (χ1v) is 15.2. The lowest BCUT2D eigenvalue weighted by atomic mass is 10.1. The average Bonchev–Trinajstić information content (AvgIpc) is 3.49. The molecular formula is C31H40N2O6S. The summed E-state index contributed by atoms with van der Waals surface area (Å²) in [5, 5.41) is 1.62. The lowest BCUT2D eigenvalue weighted by molar-refractivity contribution is -0.118. The Hall–Kier alpha value is -3.04. The van der Waals surface area contributed by atoms with Gasteiger partial charge in [0, 0.05) is 6.61 Å². The SMILES string of the molecule is CC(COc1ccc(CC2SC(=O)NC2=O)cc1)N1CC(COCCCCCCCCc2ccccc2)OC1=O. The number of cyclic esters (lactones) is 1. The first-order chi connectivity index (χ1) is 19.5. The summed E-state index contributed by atoms with van der Waals surface area (Å²) < 4.78 is 17.2. The van der Waals surface area contributed by atoms with E-state index >= 15 is 0 Å². The van der Waals surface area contributed by atoms with Crippen molar-refractivity contribution in [3.63, 3.8) is 0 Å². The van der Waals surface area contributed by atoms with E-state index in [1.807, 2.05) is 31.2 Å². The van der Waals surface area contributed by atoms with Gasteiger partial charge in [-0.1, -0.05) is 79.9 Å². The number of hydrogen-bond acceptors (Lipinski definition) is 7. The van der Waals surface area contributed by atoms with E-state index in [1.54, 1.807) is 4.90 Å². The molecular weight excluding hydrogens is 528 g/mol. The smallest absolute Gasteiger partial charge is 0.410 e. The monoisotopic (exact) mass is 568 g/mol. The van der Waals surface area contributed by atoms with Gasteiger partial charge in [-0.3, -0.25) is 19.8 Å². The molecule has 1 N–H and O–H groups in total. The fraction of sp³-hybridized carbons (Fsp3) is 0.516. The Bertz CT molecular complexity index is 1100. The molecule has 4 rings (SSSR count). The van der Waals surface area contributed by atoms with Crippen LogP contribution in [-0.2, 0) is 27.1 Å². The van der Waals surface area contributed by atoms with Crippen molar-refractivity contribution in [2.45, 2.75) is 75.7 Å². The van der Waals surface area contributed by atoms with E-state index in [0.717, 1.165) is 36.6 Å². The molecule has 2 fully saturated rings. The molecule has 2 aromatic carbocycles. The molecule has 8 nitrogen and oxygen atoms in total. The third-order valence-electron chi connectivity index (χ3n) is 7.19. The van der Waals surface area contributed by atoms with Gasteiger partial charge in [0.15, 0.2) is 0 Å². The van der Waals surface area contributed by atoms with Gasteiger partial charge in [0.2, 0.25) is 5.91 Å². The minimum atomic E-state index is -0.391. The molecule has 40 heavy (non-hydrogen) atoms. The van der Waals surface area contributed by atoms with Gasteiger partial charge in [-0.15, -0.1) is 0 Å². The van der Waals surface area contributed by atoms with Crippen LogP contribution in [0.5, 0.6) is 5.75 Å². The summed E-state index contributed by atoms with van der Waals surface area (Å²) in [5.41, 5.74) is 2.37. The summed E-state index contributed by atoms with van der Waals surface area (Å²) in [6.45, 7) is 3.86. The van der Waals surface area contributed by atoms with E-state index < -0.39 is 5.25 Å². The van der Waals surface area contributed by atoms with Crippen LogP contribution in [0, 0.1) is 0 Å². The summed E-state index contributed by atoms with van der Waals surface area (Å²) in [6.07, 6.45) is 8.22. The second kappa shape index (κ2) is 15.7. The number of aryl methyl sites for hydroxylation is 1. The predicted octanol–water partition coefficient (Wildman–Crippen LogP) is 5.77. The first kappa shape index (κ1) is 29.9. The van der Waals surface area contributed by atoms with Gasteiger partial charge < -0.3 is 14.2 Å². The highest BCUT2D eigenvalue weighted by molar-refractivity contribution is 8.15. The number of hydrogen-bond donors (Lipinski definition) is 1. The van der Waals surface area contributed by atoms with Crippen LogP contribution in [0.3, 0.4) is 0 Å². The Kier molecular flexibility index (Phi) is 11.7. The van der Waals surface area contributed by atoms with E-state index in [1.165, 1.54) is 31.2 Å². The second-order valence-electron chi connectivity index (χ2n) is 10.5. The van der Waals surface area contributed by atoms with Crippen LogP contribution in [-0.4, -0.2) is 65.9 Å². The van der Waals surface area contributed by atoms with Crippen molar-refractivity contribution in [2.24, 2.45) is 0 Å². The van der Waals surface area contributed by atoms with E-state index in [-0.39, 0.29) is 29.4 Å². The second-order valence-corrected chi connectivity index (χ2v) is 11.7. The van der Waals surface area contributed by atoms with Crippen LogP contribution in [0.2, 0.25) is 0 Å². The maximum absolute atomic E-state index is 12.4. The average molecular weight is 569 g/mol. The number of thioether (sulfide) groups is 1. The molecule has 3 amide bonds. The van der Waals surface area contributed by atoms with Gasteiger partial charge in [-0.05, 0) is 55.9 Å². The zero-order chi connectivity index (χ0) is 28.2. The Balaban J connectivity index is 1.03. The van der Waals surface area contributed by atoms with Gasteiger partial charge in [0.1, 0.15) is 18.5 Å². The fourth-order valence-corrected chi connectivity index (χ4v) is 5.72. The van der Waals surface area contributed by atoms with Crippen molar-refractivity contribution in [2.75, 3.05) is 26.4 Å². The number of nitrogens with one attached hydrogen (secondary N) is 1. The zero-order valence-electron chi connectivity index (χ0n) is 23.2. The van der Waals surface area contributed by atoms with Crippen LogP contribution in [0.4, 0.5) is 9.59 Å². The molecule has 0 aromatic heterocycles. The van der Waals surface area contributed by atoms with E-state index in [0.29, 0.717) is 38.5 Å². The largest absolute Gasteiger partial charge is 0.491 e. The van der Waals surface area contributed by atoms with Crippen molar-refractivity contribution in [1.82, 2.24) is 10.2 Å². The van der Waals surface area contributed by atoms with Gasteiger partial charge in [0.25, 0.3) is 5.24 Å². The molecule has 216 valence electrons. The number of rotatable bonds is 17. The molecule has 0 aliphatic carbocycles. The van der Waals surface area contributed by atoms with Crippen LogP contribution in [0.15, 0.2) is 54.6 Å². The molecule has 3 unspecified atom stereocenters. The number of amides is 3. The van der Waals surface area contributed by atoms with E-state index in [2.05, 4.69) is 35.6 Å². The summed E-state index contributed by atoms with van der Waals surface area (Å²) in [6, 6.07) is 18.0. The van der Waals surface area contributed by atoms with Crippen molar-refractivity contribution in [1.29, 1.82) is 0 Å². The highest BCUT2D eigenvalue weighted by Crippen LogP contribution is 2.24. The first-order valence-electron chi connectivity index (χ1n) is 14.3. The molecule has 9 heteroatoms. The third kappa shape index (κ3) is 9.55. The lowest BCUT2D eigenvalue weighted by Gasteiger charge is -2.22. The lowest BCUT2D eigenvalue weighted by Crippen LogP contribution is -2.38. The van der Waals surface area contributed by atoms with Crippen LogP contribution in [0.1, 0.15) is 56.6 Å². The molecule has 2 aliphatic rings. The molecule has 0 radical (unpaired) electrons. The van der Waals surface area contributed by atoms with Gasteiger partial charge in [-0.2, -0.15) is 0 Å². The summed E-state index contributed by atoms with van der Waals surface area (Å²) in [7, 11) is 0. The van der Waals surface area contributed by atoms with Gasteiger partial charge in [-0.25, -0.2) is 4.79 Å². The Morgan fingerprint density at radius 3 is 2.40 bits per heavy atom. The molecule has 3 atom stereocenters. The highest BCUT2D eigenvalue weighted by Gasteiger charge is 2.35. The Morgan fingerprint density at radius 1 is 0.950 bits per heavy atom. The normalized spacial score (nSPS) is 19.5. The Labute approximate surface area is 241 Å². The van der Waals surface area contributed by atoms with Crippen LogP contribution in [0.25, 0.3) is 0 Å². The number of nitrogens with zero attached hydrogens (tertiary/aromatic N) is 1. The van der Waals surface area contributed by atoms with Crippen molar-refractivity contribution >= 4 is 29.0 Å². The highest BCUT2D eigenvalue weighted by atomic mass is 32.2. The number of carbonyl (C=O) groups excluding carboxylic acids is 3. The topological polar surface area (TPSA) is 94.2 Å². The number of benzene rings is 2. The number of ether oxygens (including phenoxy) is 3. The maximum Gasteiger partial charge on any atom is 0.410 e. The van der Waals surface area contributed by atoms with Crippen molar-refractivity contribution in [3.8, 4) is 5.75 Å². The fourth-order valence-electron chi connectivity index (χ4n) is 4.86. The van der Waals surface area contributed by atoms with Crippen molar-refractivity contribution < 1.29 is 28.6 Å². The minimum Gasteiger partial charge on any atom is -0.491 e. The zero-order valence-corrected chi connectivity index (χ0v) is 24.0. The maximum atomic E-state index is 12.4. The minimum absolute atomic E-state index is 0.149. The summed E-state index contributed by atoms with van der Waals surface area (Å²) in [5.74, 6) is 0.435. The molecule has 0 saturated carbocycles. The quantitative estimate of drug-likeness (QED) is 0.242. The molecule has 2 aromatic rings. The summed E-state index contributed by atoms with van der Waals surface area (Å²) in [4.78, 5) is 37.2. The summed E-state index contributed by atoms with van der Waals surface area (Å²) >= 11 is 1.02. The molecule has 2 aliphatic heterocycles. The molecule has 2 saturated heterocycles. The third-order valence-corrected chi connectivity index (χ3v) is 8.17. The Morgan fingerprint density at radius 2 is 1.68 bits per heavy atom. The van der Waals surface area contributed by atoms with E-state index in [4.69, 9.17) is 14.2 Å². The molecule has 0 spiro atoms. The van der Waals surface area contributed by atoms with Crippen molar-refractivity contribution in [3.05, 3.63) is 65.7 Å². The molecule has 2 heterocycles. The van der Waals surface area contributed by atoms with Crippen LogP contribution < -0.4 is 10.1 Å². The number of carbonyl (C=O) groups is 3. The van der Waals surface area contributed by atoms with Crippen LogP contribution >= 0.6 is 11.8 Å². The molecule has 0 bridgehead atoms.